The molecule has 8 rings (SSSR count). The topological polar surface area (TPSA) is 77.3 Å². The first-order valence-corrected chi connectivity index (χ1v) is 15.3. The van der Waals surface area contributed by atoms with Crippen LogP contribution in [0.25, 0.3) is 67.1 Å². The van der Waals surface area contributed by atoms with Gasteiger partial charge in [0.1, 0.15) is 0 Å². The van der Waals surface area contributed by atoms with Crippen LogP contribution in [0.4, 0.5) is 0 Å². The third kappa shape index (κ3) is 6.59. The van der Waals surface area contributed by atoms with Gasteiger partial charge in [-0.3, -0.25) is 0 Å². The Hall–Kier alpha value is -5.56. The summed E-state index contributed by atoms with van der Waals surface area (Å²) in [5.41, 5.74) is 3.67. The van der Waals surface area contributed by atoms with Crippen LogP contribution in [0.2, 0.25) is 10.6 Å². The van der Waals surface area contributed by atoms with Crippen LogP contribution >= 0.6 is 23.2 Å². The molecule has 2 heterocycles. The van der Waals surface area contributed by atoms with E-state index in [2.05, 4.69) is 78.4 Å². The minimum Gasteiger partial charge on any atom is -0.208 e. The van der Waals surface area contributed by atoms with Crippen molar-refractivity contribution >= 4 is 44.7 Å². The molecule has 0 unspecified atom stereocenters. The summed E-state index contributed by atoms with van der Waals surface area (Å²) >= 11 is 12.2. The standard InChI is InChI=1S/2C19H12ClN3/c2*20-19-22-17(14-7-2-1-3-8-14)21-18(23-19)16-11-10-13-6-4-5-9-15(13)12-16/h2*1-12H. The van der Waals surface area contributed by atoms with Gasteiger partial charge in [-0.2, -0.15) is 19.9 Å². The average Bonchev–Trinajstić information content (AvgIpc) is 3.12. The van der Waals surface area contributed by atoms with Gasteiger partial charge in [-0.15, -0.1) is 0 Å². The Morgan fingerprint density at radius 2 is 0.609 bits per heavy atom. The van der Waals surface area contributed by atoms with E-state index >= 15 is 0 Å². The number of hydrogen-bond donors (Lipinski definition) is 0. The summed E-state index contributed by atoms with van der Waals surface area (Å²) in [4.78, 5) is 26.2. The summed E-state index contributed by atoms with van der Waals surface area (Å²) in [6.07, 6.45) is 0. The molecule has 0 spiro atoms. The van der Waals surface area contributed by atoms with Crippen molar-refractivity contribution in [3.8, 4) is 45.6 Å². The summed E-state index contributed by atoms with van der Waals surface area (Å²) in [7, 11) is 0. The van der Waals surface area contributed by atoms with Gasteiger partial charge in [-0.25, -0.2) is 9.97 Å². The van der Waals surface area contributed by atoms with Gasteiger partial charge in [0.05, 0.1) is 0 Å². The van der Waals surface area contributed by atoms with E-state index in [-0.39, 0.29) is 10.6 Å². The number of benzene rings is 6. The van der Waals surface area contributed by atoms with E-state index in [1.165, 1.54) is 10.8 Å². The Bertz CT molecular complexity index is 2130. The van der Waals surface area contributed by atoms with Crippen LogP contribution in [-0.4, -0.2) is 29.9 Å². The summed E-state index contributed by atoms with van der Waals surface area (Å²) in [6.45, 7) is 0. The number of halogens is 2. The lowest BCUT2D eigenvalue weighted by atomic mass is 10.1. The van der Waals surface area contributed by atoms with Crippen LogP contribution in [0, 0.1) is 0 Å². The zero-order valence-electron chi connectivity index (χ0n) is 24.3. The SMILES string of the molecule is Clc1nc(-c2ccccc2)nc(-c2ccc3ccccc3c2)n1.Clc1nc(-c2ccccc2)nc(-c2ccc3ccccc3c2)n1. The molecule has 0 fully saturated rings. The molecule has 8 aromatic rings. The molecule has 0 aliphatic carbocycles. The van der Waals surface area contributed by atoms with Crippen molar-refractivity contribution in [2.75, 3.05) is 0 Å². The smallest absolute Gasteiger partial charge is 0.208 e. The Kier molecular flexibility index (Phi) is 8.37. The fourth-order valence-electron chi connectivity index (χ4n) is 5.05. The van der Waals surface area contributed by atoms with E-state index in [0.717, 1.165) is 33.0 Å². The molecule has 6 aromatic carbocycles. The van der Waals surface area contributed by atoms with Gasteiger partial charge in [0.2, 0.25) is 10.6 Å². The fraction of sp³-hybridized carbons (Fsp3) is 0. The Morgan fingerprint density at radius 1 is 0.283 bits per heavy atom. The maximum Gasteiger partial charge on any atom is 0.226 e. The van der Waals surface area contributed by atoms with Crippen molar-refractivity contribution in [3.63, 3.8) is 0 Å². The van der Waals surface area contributed by atoms with Crippen LogP contribution in [0.15, 0.2) is 146 Å². The molecular weight excluding hydrogens is 611 g/mol. The van der Waals surface area contributed by atoms with Crippen molar-refractivity contribution in [1.29, 1.82) is 0 Å². The van der Waals surface area contributed by atoms with Crippen LogP contribution in [0.1, 0.15) is 0 Å². The Balaban J connectivity index is 0.000000147. The molecule has 0 amide bonds. The highest BCUT2D eigenvalue weighted by molar-refractivity contribution is 6.28. The lowest BCUT2D eigenvalue weighted by molar-refractivity contribution is 1.07. The van der Waals surface area contributed by atoms with Crippen molar-refractivity contribution in [2.24, 2.45) is 0 Å². The molecule has 0 saturated carbocycles. The maximum absolute atomic E-state index is 6.11. The zero-order chi connectivity index (χ0) is 31.3. The third-order valence-corrected chi connectivity index (χ3v) is 7.63. The van der Waals surface area contributed by atoms with Gasteiger partial charge in [0, 0.05) is 22.3 Å². The van der Waals surface area contributed by atoms with E-state index in [1.807, 2.05) is 97.1 Å². The van der Waals surface area contributed by atoms with Gasteiger partial charge in [0.15, 0.2) is 23.3 Å². The van der Waals surface area contributed by atoms with Crippen molar-refractivity contribution in [3.05, 3.63) is 156 Å². The van der Waals surface area contributed by atoms with E-state index in [4.69, 9.17) is 23.2 Å². The van der Waals surface area contributed by atoms with Gasteiger partial charge in [-0.05, 0) is 56.9 Å². The highest BCUT2D eigenvalue weighted by Gasteiger charge is 2.11. The molecule has 46 heavy (non-hydrogen) atoms. The molecule has 0 aliphatic rings. The molecule has 0 bridgehead atoms. The van der Waals surface area contributed by atoms with Crippen molar-refractivity contribution in [2.45, 2.75) is 0 Å². The lowest BCUT2D eigenvalue weighted by Gasteiger charge is -2.06. The van der Waals surface area contributed by atoms with Crippen molar-refractivity contribution in [1.82, 2.24) is 29.9 Å². The number of nitrogens with zero attached hydrogens (tertiary/aromatic N) is 6. The van der Waals surface area contributed by atoms with Gasteiger partial charge in [-0.1, -0.05) is 133 Å². The third-order valence-electron chi connectivity index (χ3n) is 7.30. The lowest BCUT2D eigenvalue weighted by Crippen LogP contribution is -1.97. The van der Waals surface area contributed by atoms with E-state index in [9.17, 15) is 0 Å². The number of hydrogen-bond acceptors (Lipinski definition) is 6. The second-order valence-electron chi connectivity index (χ2n) is 10.4. The fourth-order valence-corrected chi connectivity index (χ4v) is 5.37. The molecule has 220 valence electrons. The van der Waals surface area contributed by atoms with Crippen LogP contribution < -0.4 is 0 Å². The predicted octanol–water partition coefficient (Wildman–Crippen LogP) is 10.0. The molecular formula is C38H24Cl2N6. The monoisotopic (exact) mass is 634 g/mol. The average molecular weight is 636 g/mol. The van der Waals surface area contributed by atoms with Crippen LogP contribution in [0.3, 0.4) is 0 Å². The van der Waals surface area contributed by atoms with Gasteiger partial charge >= 0.3 is 0 Å². The summed E-state index contributed by atoms with van der Waals surface area (Å²) in [6, 6.07) is 48.1. The first-order chi connectivity index (χ1) is 22.6. The second-order valence-corrected chi connectivity index (χ2v) is 11.0. The highest BCUT2D eigenvalue weighted by Crippen LogP contribution is 2.26. The van der Waals surface area contributed by atoms with E-state index in [0.29, 0.717) is 23.3 Å². The van der Waals surface area contributed by atoms with E-state index < -0.39 is 0 Å². The number of aromatic nitrogens is 6. The molecule has 0 saturated heterocycles. The van der Waals surface area contributed by atoms with Crippen molar-refractivity contribution < 1.29 is 0 Å². The minimum atomic E-state index is 0.196. The minimum absolute atomic E-state index is 0.196. The second kappa shape index (κ2) is 13.2. The molecule has 6 nitrogen and oxygen atoms in total. The quantitative estimate of drug-likeness (QED) is 0.192. The molecule has 8 heteroatoms. The first kappa shape index (κ1) is 29.2. The maximum atomic E-state index is 6.11. The Morgan fingerprint density at radius 3 is 1.00 bits per heavy atom. The largest absolute Gasteiger partial charge is 0.226 e. The first-order valence-electron chi connectivity index (χ1n) is 14.5. The number of fused-ring (bicyclic) bond motifs is 2. The van der Waals surface area contributed by atoms with Gasteiger partial charge in [0.25, 0.3) is 0 Å². The predicted molar refractivity (Wildman–Crippen MR) is 186 cm³/mol. The van der Waals surface area contributed by atoms with Crippen LogP contribution in [0.5, 0.6) is 0 Å². The van der Waals surface area contributed by atoms with Gasteiger partial charge < -0.3 is 0 Å². The molecule has 0 aliphatic heterocycles. The Labute approximate surface area is 275 Å². The molecule has 2 aromatic heterocycles. The zero-order valence-corrected chi connectivity index (χ0v) is 25.8. The summed E-state index contributed by atoms with van der Waals surface area (Å²) in [5.74, 6) is 2.31. The van der Waals surface area contributed by atoms with Crippen LogP contribution in [-0.2, 0) is 0 Å². The molecule has 0 atom stereocenters. The summed E-state index contributed by atoms with van der Waals surface area (Å²) < 4.78 is 0. The highest BCUT2D eigenvalue weighted by atomic mass is 35.5. The normalized spacial score (nSPS) is 10.8. The molecule has 0 radical (unpaired) electrons. The van der Waals surface area contributed by atoms with E-state index in [1.54, 1.807) is 0 Å². The number of rotatable bonds is 4. The molecule has 0 N–H and O–H groups in total. The summed E-state index contributed by atoms with van der Waals surface area (Å²) in [5, 5.41) is 5.04.